The molecule has 292 valence electrons. The molecule has 0 radical (unpaired) electrons. The van der Waals surface area contributed by atoms with Gasteiger partial charge in [0.25, 0.3) is 0 Å². The van der Waals surface area contributed by atoms with Crippen LogP contribution in [-0.2, 0) is 0 Å². The van der Waals surface area contributed by atoms with Crippen molar-refractivity contribution in [2.75, 3.05) is 4.90 Å². The van der Waals surface area contributed by atoms with Gasteiger partial charge in [0, 0.05) is 33.3 Å². The Bertz CT molecular complexity index is 3280. The first-order valence-electron chi connectivity index (χ1n) is 21.3. The van der Waals surface area contributed by atoms with Crippen LogP contribution in [0.3, 0.4) is 0 Å². The maximum absolute atomic E-state index is 2.44. The number of rotatable bonds is 9. The Labute approximate surface area is 362 Å². The number of anilines is 3. The van der Waals surface area contributed by atoms with Gasteiger partial charge in [0.05, 0.1) is 22.4 Å². The van der Waals surface area contributed by atoms with E-state index in [0.29, 0.717) is 0 Å². The molecular weight excluding hydrogens is 749 g/mol. The third-order valence-corrected chi connectivity index (χ3v) is 12.0. The first kappa shape index (κ1) is 36.8. The van der Waals surface area contributed by atoms with Crippen LogP contribution >= 0.6 is 0 Å². The predicted octanol–water partition coefficient (Wildman–Crippen LogP) is 16.6. The Morgan fingerprint density at radius 1 is 0.258 bits per heavy atom. The second-order valence-corrected chi connectivity index (χ2v) is 15.7. The SMILES string of the molecule is c1ccc(-c2ccc(N(c3ccc(-c4ccccc4-n4c5ccccc5c5ccccc54)c(-c4cccc(-c5ccccc5)c4)c3)c3ccccc3-c3ccccc3)cc2)cc1. The molecule has 0 unspecified atom stereocenters. The first-order valence-corrected chi connectivity index (χ1v) is 21.3. The molecule has 0 spiro atoms. The van der Waals surface area contributed by atoms with E-state index in [9.17, 15) is 0 Å². The van der Waals surface area contributed by atoms with Gasteiger partial charge in [-0.15, -0.1) is 0 Å². The van der Waals surface area contributed by atoms with Crippen LogP contribution in [-0.4, -0.2) is 4.57 Å². The van der Waals surface area contributed by atoms with Crippen LogP contribution in [0.15, 0.2) is 255 Å². The summed E-state index contributed by atoms with van der Waals surface area (Å²) in [5.41, 5.74) is 18.5. The molecule has 0 aliphatic carbocycles. The standard InChI is InChI=1S/C60H42N2/c1-4-19-43(20-5-1)45-35-37-49(38-36-45)61(57-31-14-10-27-51(57)46-23-8-3-9-24-46)50-39-40-52(56(42-50)48-26-18-25-47(41-48)44-21-6-2-7-22-44)53-28-11-15-32-58(53)62-59-33-16-12-29-54(59)55-30-13-17-34-60(55)62/h1-42H. The molecule has 0 aliphatic heterocycles. The summed E-state index contributed by atoms with van der Waals surface area (Å²) in [6, 6.07) is 92.2. The Morgan fingerprint density at radius 3 is 1.42 bits per heavy atom. The van der Waals surface area contributed by atoms with E-state index < -0.39 is 0 Å². The summed E-state index contributed by atoms with van der Waals surface area (Å²) in [6.45, 7) is 0. The van der Waals surface area contributed by atoms with Crippen molar-refractivity contribution in [2.45, 2.75) is 0 Å². The summed E-state index contributed by atoms with van der Waals surface area (Å²) in [6.07, 6.45) is 0. The monoisotopic (exact) mass is 790 g/mol. The van der Waals surface area contributed by atoms with E-state index in [-0.39, 0.29) is 0 Å². The van der Waals surface area contributed by atoms with Crippen LogP contribution in [0.2, 0.25) is 0 Å². The maximum Gasteiger partial charge on any atom is 0.0541 e. The van der Waals surface area contributed by atoms with E-state index in [1.54, 1.807) is 0 Å². The Balaban J connectivity index is 1.16. The zero-order chi connectivity index (χ0) is 41.2. The van der Waals surface area contributed by atoms with E-state index in [2.05, 4.69) is 264 Å². The van der Waals surface area contributed by atoms with E-state index >= 15 is 0 Å². The number of benzene rings is 10. The summed E-state index contributed by atoms with van der Waals surface area (Å²) in [5, 5.41) is 2.49. The second kappa shape index (κ2) is 16.1. The van der Waals surface area contributed by atoms with Crippen molar-refractivity contribution in [3.8, 4) is 61.3 Å². The van der Waals surface area contributed by atoms with Gasteiger partial charge in [0.1, 0.15) is 0 Å². The lowest BCUT2D eigenvalue weighted by Crippen LogP contribution is -2.11. The fourth-order valence-corrected chi connectivity index (χ4v) is 9.11. The molecule has 11 rings (SSSR count). The molecule has 62 heavy (non-hydrogen) atoms. The minimum atomic E-state index is 1.07. The fourth-order valence-electron chi connectivity index (χ4n) is 9.11. The van der Waals surface area contributed by atoms with E-state index in [0.717, 1.165) is 50.6 Å². The van der Waals surface area contributed by atoms with Crippen LogP contribution in [0, 0.1) is 0 Å². The molecule has 0 amide bonds. The number of fused-ring (bicyclic) bond motifs is 3. The minimum absolute atomic E-state index is 1.07. The topological polar surface area (TPSA) is 8.17 Å². The van der Waals surface area contributed by atoms with Crippen LogP contribution < -0.4 is 4.90 Å². The van der Waals surface area contributed by atoms with Crippen LogP contribution in [0.25, 0.3) is 83.1 Å². The Hall–Kier alpha value is -8.20. The van der Waals surface area contributed by atoms with Gasteiger partial charge in [-0.25, -0.2) is 0 Å². The average molecular weight is 791 g/mol. The number of nitrogens with zero attached hydrogens (tertiary/aromatic N) is 2. The highest BCUT2D eigenvalue weighted by atomic mass is 15.1. The second-order valence-electron chi connectivity index (χ2n) is 15.7. The maximum atomic E-state index is 2.44. The number of aromatic nitrogens is 1. The summed E-state index contributed by atoms with van der Waals surface area (Å²) in [5.74, 6) is 0. The fraction of sp³-hybridized carbons (Fsp3) is 0. The summed E-state index contributed by atoms with van der Waals surface area (Å²) in [4.78, 5) is 2.42. The smallest absolute Gasteiger partial charge is 0.0541 e. The highest BCUT2D eigenvalue weighted by Crippen LogP contribution is 2.46. The molecule has 2 heteroatoms. The van der Waals surface area contributed by atoms with Crippen LogP contribution in [0.5, 0.6) is 0 Å². The third-order valence-electron chi connectivity index (χ3n) is 12.0. The predicted molar refractivity (Wildman–Crippen MR) is 263 cm³/mol. The molecule has 0 N–H and O–H groups in total. The zero-order valence-corrected chi connectivity index (χ0v) is 34.1. The van der Waals surface area contributed by atoms with E-state index in [1.165, 1.54) is 49.6 Å². The molecule has 0 aliphatic rings. The van der Waals surface area contributed by atoms with Crippen LogP contribution in [0.4, 0.5) is 17.1 Å². The highest BCUT2D eigenvalue weighted by Gasteiger charge is 2.22. The minimum Gasteiger partial charge on any atom is -0.310 e. The van der Waals surface area contributed by atoms with Crippen molar-refractivity contribution < 1.29 is 0 Å². The van der Waals surface area contributed by atoms with Gasteiger partial charge in [0.2, 0.25) is 0 Å². The number of hydrogen-bond acceptors (Lipinski definition) is 1. The highest BCUT2D eigenvalue weighted by molar-refractivity contribution is 6.10. The normalized spacial score (nSPS) is 11.2. The zero-order valence-electron chi connectivity index (χ0n) is 34.1. The lowest BCUT2D eigenvalue weighted by atomic mass is 9.90. The summed E-state index contributed by atoms with van der Waals surface area (Å²) >= 11 is 0. The lowest BCUT2D eigenvalue weighted by molar-refractivity contribution is 1.18. The third kappa shape index (κ3) is 6.74. The average Bonchev–Trinajstić information content (AvgIpc) is 3.69. The van der Waals surface area contributed by atoms with Gasteiger partial charge in [-0.05, 0) is 99.1 Å². The summed E-state index contributed by atoms with van der Waals surface area (Å²) in [7, 11) is 0. The largest absolute Gasteiger partial charge is 0.310 e. The Kier molecular flexibility index (Phi) is 9.57. The van der Waals surface area contributed by atoms with Gasteiger partial charge >= 0.3 is 0 Å². The van der Waals surface area contributed by atoms with Crippen molar-refractivity contribution in [2.24, 2.45) is 0 Å². The molecule has 0 saturated heterocycles. The molecule has 10 aromatic carbocycles. The van der Waals surface area contributed by atoms with Gasteiger partial charge in [-0.1, -0.05) is 200 Å². The lowest BCUT2D eigenvalue weighted by Gasteiger charge is -2.29. The molecule has 11 aromatic rings. The van der Waals surface area contributed by atoms with Gasteiger partial charge in [-0.3, -0.25) is 0 Å². The molecule has 0 fully saturated rings. The van der Waals surface area contributed by atoms with E-state index in [4.69, 9.17) is 0 Å². The van der Waals surface area contributed by atoms with Crippen molar-refractivity contribution >= 4 is 38.9 Å². The first-order chi connectivity index (χ1) is 30.8. The van der Waals surface area contributed by atoms with Gasteiger partial charge < -0.3 is 9.47 Å². The molecular formula is C60H42N2. The van der Waals surface area contributed by atoms with Crippen molar-refractivity contribution in [3.63, 3.8) is 0 Å². The summed E-state index contributed by atoms with van der Waals surface area (Å²) < 4.78 is 2.44. The van der Waals surface area contributed by atoms with Crippen molar-refractivity contribution in [3.05, 3.63) is 255 Å². The van der Waals surface area contributed by atoms with Crippen molar-refractivity contribution in [1.29, 1.82) is 0 Å². The number of hydrogen-bond donors (Lipinski definition) is 0. The molecule has 0 bridgehead atoms. The van der Waals surface area contributed by atoms with E-state index in [1.807, 2.05) is 0 Å². The molecule has 0 saturated carbocycles. The van der Waals surface area contributed by atoms with Crippen molar-refractivity contribution in [1.82, 2.24) is 4.57 Å². The molecule has 1 heterocycles. The molecule has 2 nitrogen and oxygen atoms in total. The van der Waals surface area contributed by atoms with Gasteiger partial charge in [0.15, 0.2) is 0 Å². The van der Waals surface area contributed by atoms with Crippen LogP contribution in [0.1, 0.15) is 0 Å². The molecule has 1 aromatic heterocycles. The molecule has 0 atom stereocenters. The van der Waals surface area contributed by atoms with Gasteiger partial charge in [-0.2, -0.15) is 0 Å². The quantitative estimate of drug-likeness (QED) is 0.141. The number of para-hydroxylation sites is 4. The Morgan fingerprint density at radius 2 is 0.742 bits per heavy atom.